The fraction of sp³-hybridized carbons (Fsp3) is 0.130. The van der Waals surface area contributed by atoms with Gasteiger partial charge in [-0.15, -0.1) is 0 Å². The highest BCUT2D eigenvalue weighted by molar-refractivity contribution is 9.10. The van der Waals surface area contributed by atoms with E-state index in [1.807, 2.05) is 45.0 Å². The molecule has 0 saturated heterocycles. The molecule has 0 aliphatic rings. The molecule has 7 nitrogen and oxygen atoms in total. The Morgan fingerprint density at radius 1 is 0.935 bits per heavy atom. The molecular formula is C23H20BrN5O2. The molecule has 4 rings (SSSR count). The van der Waals surface area contributed by atoms with Crippen molar-refractivity contribution < 1.29 is 4.79 Å². The summed E-state index contributed by atoms with van der Waals surface area (Å²) in [5, 5.41) is 5.35. The summed E-state index contributed by atoms with van der Waals surface area (Å²) in [5.41, 5.74) is 5.67. The van der Waals surface area contributed by atoms with Crippen LogP contribution >= 0.6 is 15.9 Å². The zero-order valence-electron chi connectivity index (χ0n) is 17.2. The summed E-state index contributed by atoms with van der Waals surface area (Å²) in [6.07, 6.45) is 3.27. The molecule has 0 saturated carbocycles. The average Bonchev–Trinajstić information content (AvgIpc) is 2.72. The van der Waals surface area contributed by atoms with E-state index in [1.54, 1.807) is 29.1 Å². The third-order valence-corrected chi connectivity index (χ3v) is 5.47. The highest BCUT2D eigenvalue weighted by atomic mass is 79.9. The number of pyridine rings is 1. The highest BCUT2D eigenvalue weighted by Gasteiger charge is 2.11. The zero-order valence-corrected chi connectivity index (χ0v) is 18.8. The second-order valence-electron chi connectivity index (χ2n) is 7.24. The van der Waals surface area contributed by atoms with Crippen molar-refractivity contribution in [3.63, 3.8) is 0 Å². The van der Waals surface area contributed by atoms with E-state index >= 15 is 0 Å². The number of hydrogen-bond donors (Lipinski definition) is 2. The molecule has 2 aromatic carbocycles. The highest BCUT2D eigenvalue weighted by Crippen LogP contribution is 2.22. The first-order valence-corrected chi connectivity index (χ1v) is 10.4. The summed E-state index contributed by atoms with van der Waals surface area (Å²) >= 11 is 3.35. The second-order valence-corrected chi connectivity index (χ2v) is 8.15. The third kappa shape index (κ3) is 4.49. The quantitative estimate of drug-likeness (QED) is 0.428. The summed E-state index contributed by atoms with van der Waals surface area (Å²) in [4.78, 5) is 33.9. The number of amides is 2. The number of aromatic nitrogens is 3. The number of halogens is 1. The lowest BCUT2D eigenvalue weighted by Gasteiger charge is -2.14. The van der Waals surface area contributed by atoms with Gasteiger partial charge in [0.25, 0.3) is 0 Å². The first-order valence-electron chi connectivity index (χ1n) is 9.62. The van der Waals surface area contributed by atoms with Gasteiger partial charge in [0, 0.05) is 28.6 Å². The Bertz CT molecular complexity index is 1360. The van der Waals surface area contributed by atoms with Crippen LogP contribution in [0.2, 0.25) is 0 Å². The lowest BCUT2D eigenvalue weighted by molar-refractivity contribution is 0.262. The number of nitrogens with zero attached hydrogens (tertiary/aromatic N) is 3. The van der Waals surface area contributed by atoms with Crippen LogP contribution in [0.15, 0.2) is 64.1 Å². The van der Waals surface area contributed by atoms with Gasteiger partial charge >= 0.3 is 6.03 Å². The summed E-state index contributed by atoms with van der Waals surface area (Å²) in [6.45, 7) is 5.83. The van der Waals surface area contributed by atoms with Gasteiger partial charge in [-0.25, -0.2) is 14.8 Å². The first-order chi connectivity index (χ1) is 14.8. The van der Waals surface area contributed by atoms with Gasteiger partial charge in [0.2, 0.25) is 5.43 Å². The molecule has 0 radical (unpaired) electrons. The molecule has 31 heavy (non-hydrogen) atoms. The second kappa shape index (κ2) is 8.31. The SMILES string of the molecule is Cc1cc2nc(C)c(C)nc2cc1-n1ccc(=O)c(NC(=O)Nc2ccc(Br)cc2)c1. The number of benzene rings is 2. The molecule has 156 valence electrons. The van der Waals surface area contributed by atoms with Crippen LogP contribution in [-0.4, -0.2) is 20.6 Å². The predicted molar refractivity (Wildman–Crippen MR) is 126 cm³/mol. The van der Waals surface area contributed by atoms with Crippen molar-refractivity contribution in [2.24, 2.45) is 0 Å². The predicted octanol–water partition coefficient (Wildman–Crippen LogP) is 5.11. The van der Waals surface area contributed by atoms with Crippen molar-refractivity contribution >= 4 is 44.4 Å². The van der Waals surface area contributed by atoms with E-state index in [1.165, 1.54) is 6.07 Å². The molecule has 0 unspecified atom stereocenters. The van der Waals surface area contributed by atoms with Crippen molar-refractivity contribution in [2.45, 2.75) is 20.8 Å². The van der Waals surface area contributed by atoms with Crippen molar-refractivity contribution in [3.05, 3.63) is 86.5 Å². The Labute approximate surface area is 187 Å². The maximum absolute atomic E-state index is 12.4. The van der Waals surface area contributed by atoms with Crippen LogP contribution < -0.4 is 16.1 Å². The van der Waals surface area contributed by atoms with Gasteiger partial charge in [0.1, 0.15) is 5.69 Å². The number of carbonyl (C=O) groups is 1. The van der Waals surface area contributed by atoms with Crippen LogP contribution in [0.5, 0.6) is 0 Å². The lowest BCUT2D eigenvalue weighted by atomic mass is 10.1. The molecule has 0 fully saturated rings. The molecule has 0 spiro atoms. The molecule has 4 aromatic rings. The van der Waals surface area contributed by atoms with E-state index in [9.17, 15) is 9.59 Å². The van der Waals surface area contributed by atoms with E-state index in [2.05, 4.69) is 36.5 Å². The molecular weight excluding hydrogens is 458 g/mol. The van der Waals surface area contributed by atoms with Gasteiger partial charge in [-0.05, 0) is 62.7 Å². The molecule has 0 aliphatic heterocycles. The first kappa shape index (κ1) is 20.7. The molecule has 0 atom stereocenters. The van der Waals surface area contributed by atoms with Crippen LogP contribution in [0, 0.1) is 20.8 Å². The molecule has 0 aliphatic carbocycles. The number of carbonyl (C=O) groups excluding carboxylic acids is 1. The number of hydrogen-bond acceptors (Lipinski definition) is 4. The van der Waals surface area contributed by atoms with E-state index in [-0.39, 0.29) is 11.1 Å². The molecule has 2 amide bonds. The average molecular weight is 478 g/mol. The van der Waals surface area contributed by atoms with Gasteiger partial charge in [-0.1, -0.05) is 15.9 Å². The Balaban J connectivity index is 1.65. The van der Waals surface area contributed by atoms with Gasteiger partial charge in [-0.2, -0.15) is 0 Å². The lowest BCUT2D eigenvalue weighted by Crippen LogP contribution is -2.24. The van der Waals surface area contributed by atoms with Crippen molar-refractivity contribution in [2.75, 3.05) is 10.6 Å². The number of fused-ring (bicyclic) bond motifs is 1. The fourth-order valence-corrected chi connectivity index (χ4v) is 3.46. The molecule has 2 heterocycles. The van der Waals surface area contributed by atoms with Gasteiger partial charge in [-0.3, -0.25) is 4.79 Å². The number of anilines is 2. The van der Waals surface area contributed by atoms with Crippen LogP contribution in [0.3, 0.4) is 0 Å². The third-order valence-electron chi connectivity index (χ3n) is 4.94. The Morgan fingerprint density at radius 2 is 1.58 bits per heavy atom. The van der Waals surface area contributed by atoms with Crippen LogP contribution in [0.4, 0.5) is 16.2 Å². The van der Waals surface area contributed by atoms with Crippen LogP contribution in [0.1, 0.15) is 17.0 Å². The van der Waals surface area contributed by atoms with Gasteiger partial charge in [0.15, 0.2) is 0 Å². The summed E-state index contributed by atoms with van der Waals surface area (Å²) in [7, 11) is 0. The largest absolute Gasteiger partial charge is 0.323 e. The van der Waals surface area contributed by atoms with Gasteiger partial charge in [0.05, 0.1) is 28.1 Å². The van der Waals surface area contributed by atoms with Crippen molar-refractivity contribution in [1.29, 1.82) is 0 Å². The number of aryl methyl sites for hydroxylation is 3. The number of rotatable bonds is 3. The number of nitrogens with one attached hydrogen (secondary N) is 2. The Morgan fingerprint density at radius 3 is 2.26 bits per heavy atom. The van der Waals surface area contributed by atoms with E-state index in [0.29, 0.717) is 5.69 Å². The zero-order chi connectivity index (χ0) is 22.1. The van der Waals surface area contributed by atoms with Crippen molar-refractivity contribution in [1.82, 2.24) is 14.5 Å². The summed E-state index contributed by atoms with van der Waals surface area (Å²) < 4.78 is 2.70. The standard InChI is InChI=1S/C23H20BrN5O2/c1-13-10-18-19(26-15(3)14(2)25-18)11-21(13)29-9-8-22(30)20(12-29)28-23(31)27-17-6-4-16(24)5-7-17/h4-12H,1-3H3,(H2,27,28,31). The van der Waals surface area contributed by atoms with Gasteiger partial charge < -0.3 is 15.2 Å². The smallest absolute Gasteiger partial charge is 0.321 e. The maximum Gasteiger partial charge on any atom is 0.323 e. The molecule has 0 bridgehead atoms. The van der Waals surface area contributed by atoms with E-state index < -0.39 is 6.03 Å². The Kier molecular flexibility index (Phi) is 5.56. The minimum atomic E-state index is -0.496. The molecule has 2 aromatic heterocycles. The van der Waals surface area contributed by atoms with Crippen molar-refractivity contribution in [3.8, 4) is 5.69 Å². The maximum atomic E-state index is 12.4. The van der Waals surface area contributed by atoms with E-state index in [0.717, 1.165) is 38.1 Å². The van der Waals surface area contributed by atoms with Crippen LogP contribution in [-0.2, 0) is 0 Å². The Hall–Kier alpha value is -3.52. The summed E-state index contributed by atoms with van der Waals surface area (Å²) in [5.74, 6) is 0. The van der Waals surface area contributed by atoms with Crippen LogP contribution in [0.25, 0.3) is 16.7 Å². The topological polar surface area (TPSA) is 88.9 Å². The minimum Gasteiger partial charge on any atom is -0.321 e. The summed E-state index contributed by atoms with van der Waals surface area (Å²) in [6, 6.07) is 12.0. The fourth-order valence-electron chi connectivity index (χ4n) is 3.20. The normalized spacial score (nSPS) is 10.8. The molecule has 8 heteroatoms. The molecule has 2 N–H and O–H groups in total. The van der Waals surface area contributed by atoms with E-state index in [4.69, 9.17) is 0 Å². The minimum absolute atomic E-state index is 0.169. The monoisotopic (exact) mass is 477 g/mol. The number of urea groups is 1.